The summed E-state index contributed by atoms with van der Waals surface area (Å²) < 4.78 is 0. The normalized spacial score (nSPS) is 19.5. The van der Waals surface area contributed by atoms with Crippen molar-refractivity contribution in [2.45, 2.75) is 30.2 Å². The summed E-state index contributed by atoms with van der Waals surface area (Å²) in [6.07, 6.45) is 5.74. The first-order valence-corrected chi connectivity index (χ1v) is 7.08. The maximum atomic E-state index is 8.86. The van der Waals surface area contributed by atoms with Crippen LogP contribution in [0.5, 0.6) is 0 Å². The summed E-state index contributed by atoms with van der Waals surface area (Å²) in [5.41, 5.74) is 2.91. The number of nitrogens with one attached hydrogen (secondary N) is 1. The highest BCUT2D eigenvalue weighted by molar-refractivity contribution is 7.98. The number of aliphatic hydroxyl groups excluding tert-OH is 1. The number of hydrogen-bond acceptors (Lipinski definition) is 3. The lowest BCUT2D eigenvalue weighted by Crippen LogP contribution is -2.27. The lowest BCUT2D eigenvalue weighted by molar-refractivity contribution is 0.280. The molecule has 0 fully saturated rings. The first kappa shape index (κ1) is 12.0. The highest BCUT2D eigenvalue weighted by atomic mass is 32.2. The molecule has 1 aromatic rings. The lowest BCUT2D eigenvalue weighted by atomic mass is 9.88. The van der Waals surface area contributed by atoms with Gasteiger partial charge in [-0.15, -0.1) is 11.8 Å². The third kappa shape index (κ3) is 2.59. The van der Waals surface area contributed by atoms with Crippen LogP contribution in [0.1, 0.15) is 30.0 Å². The molecule has 0 amide bonds. The quantitative estimate of drug-likeness (QED) is 0.789. The van der Waals surface area contributed by atoms with Gasteiger partial charge >= 0.3 is 0 Å². The first-order chi connectivity index (χ1) is 7.85. The van der Waals surface area contributed by atoms with Gasteiger partial charge < -0.3 is 10.4 Å². The molecule has 1 aromatic carbocycles. The van der Waals surface area contributed by atoms with Gasteiger partial charge in [-0.3, -0.25) is 0 Å². The Labute approximate surface area is 101 Å². The predicted molar refractivity (Wildman–Crippen MR) is 69.0 cm³/mol. The van der Waals surface area contributed by atoms with Gasteiger partial charge in [0.15, 0.2) is 0 Å². The molecule has 1 atom stereocenters. The lowest BCUT2D eigenvalue weighted by Gasteiger charge is -2.26. The molecule has 1 unspecified atom stereocenters. The molecule has 2 nitrogen and oxygen atoms in total. The van der Waals surface area contributed by atoms with Gasteiger partial charge in [0, 0.05) is 17.5 Å². The van der Waals surface area contributed by atoms with Crippen molar-refractivity contribution in [3.8, 4) is 0 Å². The molecule has 0 aliphatic heterocycles. The minimum atomic E-state index is 0.217. The third-order valence-corrected chi connectivity index (χ3v) is 3.89. The van der Waals surface area contributed by atoms with E-state index in [9.17, 15) is 0 Å². The number of aryl methyl sites for hydroxylation is 1. The van der Waals surface area contributed by atoms with Crippen LogP contribution in [0.2, 0.25) is 0 Å². The molecule has 0 saturated heterocycles. The second kappa shape index (κ2) is 5.71. The molecular formula is C13H19NOS. The summed E-state index contributed by atoms with van der Waals surface area (Å²) >= 11 is 1.80. The van der Waals surface area contributed by atoms with Crippen molar-refractivity contribution in [3.05, 3.63) is 29.3 Å². The molecule has 0 saturated carbocycles. The Kier molecular flexibility index (Phi) is 4.27. The monoisotopic (exact) mass is 237 g/mol. The number of hydrogen-bond donors (Lipinski definition) is 2. The molecule has 0 aromatic heterocycles. The maximum absolute atomic E-state index is 8.86. The van der Waals surface area contributed by atoms with Crippen LogP contribution in [0, 0.1) is 0 Å². The largest absolute Gasteiger partial charge is 0.395 e. The zero-order chi connectivity index (χ0) is 11.4. The molecule has 0 heterocycles. The van der Waals surface area contributed by atoms with Crippen LogP contribution in [0.25, 0.3) is 0 Å². The van der Waals surface area contributed by atoms with Gasteiger partial charge in [0.1, 0.15) is 0 Å². The summed E-state index contributed by atoms with van der Waals surface area (Å²) in [5.74, 6) is 0. The molecule has 1 aliphatic carbocycles. The fourth-order valence-corrected chi connectivity index (χ4v) is 2.83. The Hall–Kier alpha value is -0.510. The number of fused-ring (bicyclic) bond motifs is 1. The highest BCUT2D eigenvalue weighted by Crippen LogP contribution is 2.31. The van der Waals surface area contributed by atoms with E-state index in [1.807, 2.05) is 0 Å². The SMILES string of the molecule is CSc1ccc2c(c1)CCCC2NCCO. The summed E-state index contributed by atoms with van der Waals surface area (Å²) in [6.45, 7) is 0.906. The Bertz CT molecular complexity index is 354. The van der Waals surface area contributed by atoms with E-state index in [2.05, 4.69) is 29.8 Å². The molecule has 0 bridgehead atoms. The van der Waals surface area contributed by atoms with Crippen LogP contribution in [-0.4, -0.2) is 24.5 Å². The zero-order valence-corrected chi connectivity index (χ0v) is 10.5. The average Bonchev–Trinajstić information content (AvgIpc) is 2.35. The van der Waals surface area contributed by atoms with Crippen molar-refractivity contribution in [3.63, 3.8) is 0 Å². The Morgan fingerprint density at radius 1 is 1.50 bits per heavy atom. The van der Waals surface area contributed by atoms with Crippen LogP contribution in [0.4, 0.5) is 0 Å². The Morgan fingerprint density at radius 2 is 2.38 bits per heavy atom. The summed E-state index contributed by atoms with van der Waals surface area (Å²) in [5, 5.41) is 12.3. The summed E-state index contributed by atoms with van der Waals surface area (Å²) in [6, 6.07) is 7.19. The van der Waals surface area contributed by atoms with Crippen molar-refractivity contribution in [1.29, 1.82) is 0 Å². The second-order valence-corrected chi connectivity index (χ2v) is 5.07. The molecule has 3 heteroatoms. The van der Waals surface area contributed by atoms with E-state index in [0.717, 1.165) is 0 Å². The Morgan fingerprint density at radius 3 is 3.12 bits per heavy atom. The van der Waals surface area contributed by atoms with Crippen LogP contribution in [-0.2, 0) is 6.42 Å². The van der Waals surface area contributed by atoms with Crippen LogP contribution in [0.3, 0.4) is 0 Å². The van der Waals surface area contributed by atoms with Gasteiger partial charge in [-0.1, -0.05) is 6.07 Å². The molecule has 2 N–H and O–H groups in total. The van der Waals surface area contributed by atoms with Crippen molar-refractivity contribution < 1.29 is 5.11 Å². The Balaban J connectivity index is 2.18. The number of rotatable bonds is 4. The van der Waals surface area contributed by atoms with E-state index in [1.54, 1.807) is 11.8 Å². The van der Waals surface area contributed by atoms with Crippen molar-refractivity contribution >= 4 is 11.8 Å². The number of thioether (sulfide) groups is 1. The number of benzene rings is 1. The number of aliphatic hydroxyl groups is 1. The topological polar surface area (TPSA) is 32.3 Å². The van der Waals surface area contributed by atoms with E-state index in [-0.39, 0.29) is 6.61 Å². The van der Waals surface area contributed by atoms with Gasteiger partial charge in [0.2, 0.25) is 0 Å². The van der Waals surface area contributed by atoms with Crippen LogP contribution < -0.4 is 5.32 Å². The molecule has 16 heavy (non-hydrogen) atoms. The smallest absolute Gasteiger partial charge is 0.0556 e. The first-order valence-electron chi connectivity index (χ1n) is 5.86. The fourth-order valence-electron chi connectivity index (χ4n) is 2.37. The zero-order valence-electron chi connectivity index (χ0n) is 9.70. The van der Waals surface area contributed by atoms with Gasteiger partial charge in [-0.25, -0.2) is 0 Å². The molecule has 88 valence electrons. The van der Waals surface area contributed by atoms with E-state index < -0.39 is 0 Å². The van der Waals surface area contributed by atoms with E-state index in [0.29, 0.717) is 12.6 Å². The van der Waals surface area contributed by atoms with E-state index in [4.69, 9.17) is 5.11 Å². The van der Waals surface area contributed by atoms with Gasteiger partial charge in [0.05, 0.1) is 6.61 Å². The van der Waals surface area contributed by atoms with Crippen LogP contribution >= 0.6 is 11.8 Å². The molecular weight excluding hydrogens is 218 g/mol. The standard InChI is InChI=1S/C13H19NOS/c1-16-11-5-6-12-10(9-11)3-2-4-13(12)14-7-8-15/h5-6,9,13-15H,2-4,7-8H2,1H3. The minimum Gasteiger partial charge on any atom is -0.395 e. The third-order valence-electron chi connectivity index (χ3n) is 3.17. The van der Waals surface area contributed by atoms with Crippen molar-refractivity contribution in [1.82, 2.24) is 5.32 Å². The molecule has 1 aliphatic rings. The molecule has 0 radical (unpaired) electrons. The highest BCUT2D eigenvalue weighted by Gasteiger charge is 2.19. The predicted octanol–water partition coefficient (Wildman–Crippen LogP) is 2.37. The minimum absolute atomic E-state index is 0.217. The van der Waals surface area contributed by atoms with Crippen molar-refractivity contribution in [2.75, 3.05) is 19.4 Å². The van der Waals surface area contributed by atoms with Gasteiger partial charge in [-0.05, 0) is 48.8 Å². The van der Waals surface area contributed by atoms with Crippen LogP contribution in [0.15, 0.2) is 23.1 Å². The van der Waals surface area contributed by atoms with Gasteiger partial charge in [-0.2, -0.15) is 0 Å². The second-order valence-electron chi connectivity index (χ2n) is 4.19. The van der Waals surface area contributed by atoms with E-state index in [1.165, 1.54) is 35.3 Å². The van der Waals surface area contributed by atoms with Crippen molar-refractivity contribution in [2.24, 2.45) is 0 Å². The maximum Gasteiger partial charge on any atom is 0.0556 e. The summed E-state index contributed by atoms with van der Waals surface area (Å²) in [7, 11) is 0. The molecule has 2 rings (SSSR count). The van der Waals surface area contributed by atoms with E-state index >= 15 is 0 Å². The molecule has 0 spiro atoms. The average molecular weight is 237 g/mol. The summed E-state index contributed by atoms with van der Waals surface area (Å²) in [4.78, 5) is 1.35. The fraction of sp³-hybridized carbons (Fsp3) is 0.538. The van der Waals surface area contributed by atoms with Gasteiger partial charge in [0.25, 0.3) is 0 Å².